The minimum atomic E-state index is -1.52. The largest absolute Gasteiger partial charge is 0.508 e. The Hall–Kier alpha value is -3.79. The summed E-state index contributed by atoms with van der Waals surface area (Å²) in [6.45, 7) is 0.653. The first kappa shape index (κ1) is 21.7. The molecule has 2 aliphatic rings. The third-order valence-corrected chi connectivity index (χ3v) is 6.79. The number of aliphatic imine (C=N–C) groups is 1. The Kier molecular flexibility index (Phi) is 5.06. The first-order valence-corrected chi connectivity index (χ1v) is 11.5. The smallest absolute Gasteiger partial charge is 0.169 e. The van der Waals surface area contributed by atoms with Gasteiger partial charge in [-0.25, -0.2) is 9.97 Å². The Morgan fingerprint density at radius 2 is 1.83 bits per heavy atom. The van der Waals surface area contributed by atoms with E-state index in [1.54, 1.807) is 35.2 Å². The summed E-state index contributed by atoms with van der Waals surface area (Å²) in [5.74, 6) is 0.818. The minimum absolute atomic E-state index is 0.0202. The van der Waals surface area contributed by atoms with Crippen molar-refractivity contribution in [3.8, 4) is 5.75 Å². The number of benzene rings is 2. The van der Waals surface area contributed by atoms with Crippen molar-refractivity contribution in [2.24, 2.45) is 4.99 Å². The van der Waals surface area contributed by atoms with Crippen LogP contribution in [0.1, 0.15) is 28.4 Å². The molecule has 2 aliphatic heterocycles. The molecule has 0 saturated carbocycles. The van der Waals surface area contributed by atoms with E-state index < -0.39 is 11.9 Å². The third-order valence-electron chi connectivity index (χ3n) is 6.79. The van der Waals surface area contributed by atoms with Gasteiger partial charge < -0.3 is 29.9 Å². The number of hydrogen-bond acceptors (Lipinski definition) is 8. The van der Waals surface area contributed by atoms with Gasteiger partial charge in [-0.05, 0) is 28.8 Å². The van der Waals surface area contributed by atoms with E-state index in [0.29, 0.717) is 30.8 Å². The van der Waals surface area contributed by atoms with Crippen molar-refractivity contribution in [2.45, 2.75) is 30.9 Å². The predicted octanol–water partition coefficient (Wildman–Crippen LogP) is 1.87. The van der Waals surface area contributed by atoms with Crippen LogP contribution in [0.3, 0.4) is 0 Å². The van der Waals surface area contributed by atoms with Crippen molar-refractivity contribution >= 4 is 23.1 Å². The second-order valence-electron chi connectivity index (χ2n) is 9.24. The Bertz CT molecular complexity index is 1420. The van der Waals surface area contributed by atoms with E-state index in [0.717, 1.165) is 22.3 Å². The van der Waals surface area contributed by atoms with Crippen molar-refractivity contribution in [1.82, 2.24) is 14.5 Å². The SMILES string of the molecule is Oc1ccc(C2(O)CN(c3cc4c(ncn4CC(O)O)c(C4Cc5ccccc5C=N4)n3)C2)cc1. The fourth-order valence-electron chi connectivity index (χ4n) is 4.93. The van der Waals surface area contributed by atoms with Crippen molar-refractivity contribution in [3.63, 3.8) is 0 Å². The zero-order valence-electron chi connectivity index (χ0n) is 18.9. The summed E-state index contributed by atoms with van der Waals surface area (Å²) >= 11 is 0. The average Bonchev–Trinajstić information content (AvgIpc) is 3.23. The summed E-state index contributed by atoms with van der Waals surface area (Å²) in [6, 6.07) is 16.3. The fourth-order valence-corrected chi connectivity index (χ4v) is 4.93. The van der Waals surface area contributed by atoms with Gasteiger partial charge >= 0.3 is 0 Å². The second-order valence-corrected chi connectivity index (χ2v) is 9.24. The van der Waals surface area contributed by atoms with Gasteiger partial charge in [0.2, 0.25) is 0 Å². The molecule has 1 atom stereocenters. The summed E-state index contributed by atoms with van der Waals surface area (Å²) < 4.78 is 1.70. The van der Waals surface area contributed by atoms with E-state index in [9.17, 15) is 20.4 Å². The molecule has 0 spiro atoms. The van der Waals surface area contributed by atoms with Crippen LogP contribution in [0, 0.1) is 0 Å². The molecule has 2 aromatic carbocycles. The molecular formula is C26H25N5O4. The number of hydrogen-bond donors (Lipinski definition) is 4. The monoisotopic (exact) mass is 471 g/mol. The molecule has 0 bridgehead atoms. The number of β-amino-alcohol motifs (C(OH)–C–C–N with tert-alkyl or cyclic N) is 1. The quantitative estimate of drug-likeness (QED) is 0.327. The maximum Gasteiger partial charge on any atom is 0.169 e. The van der Waals surface area contributed by atoms with Gasteiger partial charge in [-0.1, -0.05) is 36.4 Å². The molecule has 35 heavy (non-hydrogen) atoms. The summed E-state index contributed by atoms with van der Waals surface area (Å²) in [7, 11) is 0. The maximum atomic E-state index is 11.1. The summed E-state index contributed by atoms with van der Waals surface area (Å²) in [5.41, 5.74) is 4.07. The summed E-state index contributed by atoms with van der Waals surface area (Å²) in [4.78, 5) is 16.2. The van der Waals surface area contributed by atoms with Crippen LogP contribution < -0.4 is 4.90 Å². The molecular weight excluding hydrogens is 446 g/mol. The number of anilines is 1. The number of phenols is 1. The Balaban J connectivity index is 1.37. The van der Waals surface area contributed by atoms with Crippen LogP contribution in [0.2, 0.25) is 0 Å². The van der Waals surface area contributed by atoms with Gasteiger partial charge in [0.15, 0.2) is 6.29 Å². The highest BCUT2D eigenvalue weighted by molar-refractivity contribution is 5.85. The highest BCUT2D eigenvalue weighted by Gasteiger charge is 2.43. The number of pyridine rings is 1. The van der Waals surface area contributed by atoms with Crippen molar-refractivity contribution in [1.29, 1.82) is 0 Å². The van der Waals surface area contributed by atoms with Gasteiger partial charge in [-0.2, -0.15) is 0 Å². The lowest BCUT2D eigenvalue weighted by Gasteiger charge is -2.47. The van der Waals surface area contributed by atoms with Crippen LogP contribution in [0.4, 0.5) is 5.82 Å². The van der Waals surface area contributed by atoms with Crippen LogP contribution in [0.25, 0.3) is 11.0 Å². The van der Waals surface area contributed by atoms with E-state index in [1.165, 1.54) is 5.56 Å². The molecule has 9 heteroatoms. The van der Waals surface area contributed by atoms with Crippen molar-refractivity contribution < 1.29 is 20.4 Å². The molecule has 9 nitrogen and oxygen atoms in total. The Morgan fingerprint density at radius 3 is 2.60 bits per heavy atom. The third kappa shape index (κ3) is 3.83. The zero-order chi connectivity index (χ0) is 24.2. The molecule has 1 fully saturated rings. The normalized spacial score (nSPS) is 18.6. The van der Waals surface area contributed by atoms with Gasteiger partial charge in [0, 0.05) is 18.7 Å². The zero-order valence-corrected chi connectivity index (χ0v) is 18.9. The molecule has 178 valence electrons. The number of aliphatic hydroxyl groups excluding tert-OH is 1. The topological polar surface area (TPSA) is 127 Å². The lowest BCUT2D eigenvalue weighted by molar-refractivity contribution is -0.0505. The summed E-state index contributed by atoms with van der Waals surface area (Å²) in [6.07, 6.45) is 2.62. The fraction of sp³-hybridized carbons (Fsp3) is 0.269. The molecule has 0 radical (unpaired) electrons. The second kappa shape index (κ2) is 8.16. The molecule has 1 saturated heterocycles. The van der Waals surface area contributed by atoms with Gasteiger partial charge in [-0.3, -0.25) is 4.99 Å². The molecule has 4 aromatic rings. The van der Waals surface area contributed by atoms with E-state index >= 15 is 0 Å². The average molecular weight is 472 g/mol. The van der Waals surface area contributed by atoms with E-state index in [1.807, 2.05) is 35.4 Å². The van der Waals surface area contributed by atoms with Gasteiger partial charge in [0.25, 0.3) is 0 Å². The molecule has 1 unspecified atom stereocenters. The minimum Gasteiger partial charge on any atom is -0.508 e. The standard InChI is InChI=1S/C26H25N5O4/c32-19-7-5-18(6-8-19)26(35)13-31(14-26)22-10-21-25(28-15-30(21)12-23(33)34)24(29-22)20-9-16-3-1-2-4-17(16)11-27-20/h1-8,10-11,15,20,23,32-35H,9,12-14H2. The van der Waals surface area contributed by atoms with Gasteiger partial charge in [0.05, 0.1) is 43.2 Å². The number of fused-ring (bicyclic) bond motifs is 2. The molecule has 0 amide bonds. The number of nitrogens with zero attached hydrogens (tertiary/aromatic N) is 5. The molecule has 4 N–H and O–H groups in total. The molecule has 6 rings (SSSR count). The van der Waals surface area contributed by atoms with Crippen LogP contribution in [-0.2, 0) is 18.6 Å². The number of aliphatic hydroxyl groups is 3. The van der Waals surface area contributed by atoms with Crippen LogP contribution in [0.5, 0.6) is 5.75 Å². The van der Waals surface area contributed by atoms with Crippen molar-refractivity contribution in [3.05, 3.63) is 83.3 Å². The van der Waals surface area contributed by atoms with Crippen LogP contribution in [0.15, 0.2) is 65.9 Å². The molecule has 0 aliphatic carbocycles. The van der Waals surface area contributed by atoms with Crippen LogP contribution >= 0.6 is 0 Å². The first-order chi connectivity index (χ1) is 16.9. The Labute approximate surface area is 201 Å². The number of phenolic OH excluding ortho intramolecular Hbond substituents is 1. The molecule has 2 aromatic heterocycles. The lowest BCUT2D eigenvalue weighted by atomic mass is 9.86. The van der Waals surface area contributed by atoms with E-state index in [-0.39, 0.29) is 18.3 Å². The highest BCUT2D eigenvalue weighted by atomic mass is 16.5. The lowest BCUT2D eigenvalue weighted by Crippen LogP contribution is -2.59. The summed E-state index contributed by atoms with van der Waals surface area (Å²) in [5, 5.41) is 39.8. The first-order valence-electron chi connectivity index (χ1n) is 11.5. The number of rotatable bonds is 5. The maximum absolute atomic E-state index is 11.1. The highest BCUT2D eigenvalue weighted by Crippen LogP contribution is 2.38. The van der Waals surface area contributed by atoms with E-state index in [2.05, 4.69) is 11.1 Å². The van der Waals surface area contributed by atoms with Crippen LogP contribution in [-0.4, -0.2) is 60.6 Å². The van der Waals surface area contributed by atoms with Crippen molar-refractivity contribution in [2.75, 3.05) is 18.0 Å². The van der Waals surface area contributed by atoms with Gasteiger partial charge in [-0.15, -0.1) is 0 Å². The molecule has 4 heterocycles. The van der Waals surface area contributed by atoms with Gasteiger partial charge in [0.1, 0.15) is 22.7 Å². The number of imidazole rings is 1. The number of aromatic nitrogens is 3. The number of aromatic hydroxyl groups is 1. The Morgan fingerprint density at radius 1 is 1.06 bits per heavy atom. The predicted molar refractivity (Wildman–Crippen MR) is 130 cm³/mol. The van der Waals surface area contributed by atoms with E-state index in [4.69, 9.17) is 9.98 Å².